The van der Waals surface area contributed by atoms with E-state index in [0.29, 0.717) is 22.9 Å². The molecule has 0 heterocycles. The minimum absolute atomic E-state index is 0.118. The first-order valence-electron chi connectivity index (χ1n) is 6.19. The Morgan fingerprint density at radius 1 is 1.14 bits per heavy atom. The number of carbonyl (C=O) groups excluding carboxylic acids is 1. The molecule has 0 saturated heterocycles. The van der Waals surface area contributed by atoms with Crippen LogP contribution in [0.5, 0.6) is 17.2 Å². The van der Waals surface area contributed by atoms with Crippen LogP contribution in [0.2, 0.25) is 0 Å². The van der Waals surface area contributed by atoms with E-state index in [0.717, 1.165) is 0 Å². The molecule has 0 aliphatic rings. The number of anilines is 1. The summed E-state index contributed by atoms with van der Waals surface area (Å²) in [6.07, 6.45) is 0. The van der Waals surface area contributed by atoms with Crippen molar-refractivity contribution in [3.05, 3.63) is 12.1 Å². The number of thiocarbonyl (C=S) groups is 1. The number of methoxy groups -OCH3 is 3. The van der Waals surface area contributed by atoms with Gasteiger partial charge in [-0.2, -0.15) is 0 Å². The lowest BCUT2D eigenvalue weighted by Crippen LogP contribution is -2.41. The van der Waals surface area contributed by atoms with Crippen molar-refractivity contribution in [2.24, 2.45) is 11.1 Å². The molecule has 0 atom stereocenters. The number of amides is 1. The zero-order chi connectivity index (χ0) is 16.2. The van der Waals surface area contributed by atoms with Gasteiger partial charge in [0.15, 0.2) is 11.5 Å². The van der Waals surface area contributed by atoms with Crippen molar-refractivity contribution in [2.75, 3.05) is 26.6 Å². The second-order valence-corrected chi connectivity index (χ2v) is 5.30. The molecule has 1 amide bonds. The van der Waals surface area contributed by atoms with Gasteiger partial charge in [0.2, 0.25) is 11.7 Å². The zero-order valence-electron chi connectivity index (χ0n) is 12.8. The number of rotatable bonds is 6. The molecule has 116 valence electrons. The first kappa shape index (κ1) is 17.0. The van der Waals surface area contributed by atoms with Crippen LogP contribution in [-0.2, 0) is 4.79 Å². The third-order valence-electron chi connectivity index (χ3n) is 3.11. The van der Waals surface area contributed by atoms with E-state index >= 15 is 0 Å². The van der Waals surface area contributed by atoms with Crippen LogP contribution in [0.3, 0.4) is 0 Å². The molecule has 0 spiro atoms. The lowest BCUT2D eigenvalue weighted by Gasteiger charge is -2.22. The van der Waals surface area contributed by atoms with Gasteiger partial charge in [0.25, 0.3) is 0 Å². The van der Waals surface area contributed by atoms with Gasteiger partial charge in [-0.15, -0.1) is 0 Å². The highest BCUT2D eigenvalue weighted by Gasteiger charge is 2.31. The van der Waals surface area contributed by atoms with E-state index in [2.05, 4.69) is 5.32 Å². The van der Waals surface area contributed by atoms with Crippen LogP contribution < -0.4 is 25.3 Å². The van der Waals surface area contributed by atoms with Gasteiger partial charge >= 0.3 is 0 Å². The summed E-state index contributed by atoms with van der Waals surface area (Å²) in [4.78, 5) is 12.4. The van der Waals surface area contributed by atoms with Crippen LogP contribution in [0.1, 0.15) is 13.8 Å². The summed E-state index contributed by atoms with van der Waals surface area (Å²) in [5, 5.41) is 2.74. The smallest absolute Gasteiger partial charge is 0.236 e. The Labute approximate surface area is 129 Å². The summed E-state index contributed by atoms with van der Waals surface area (Å²) in [5.41, 5.74) is 5.12. The second-order valence-electron chi connectivity index (χ2n) is 4.86. The molecule has 0 bridgehead atoms. The maximum atomic E-state index is 12.2. The molecule has 6 nitrogen and oxygen atoms in total. The van der Waals surface area contributed by atoms with Gasteiger partial charge in [0.1, 0.15) is 0 Å². The summed E-state index contributed by atoms with van der Waals surface area (Å²) in [6, 6.07) is 3.27. The van der Waals surface area contributed by atoms with Crippen LogP contribution in [0.25, 0.3) is 0 Å². The summed E-state index contributed by atoms with van der Waals surface area (Å²) >= 11 is 4.91. The summed E-state index contributed by atoms with van der Waals surface area (Å²) in [5.74, 6) is 1.02. The average molecular weight is 312 g/mol. The minimum atomic E-state index is -0.963. The Morgan fingerprint density at radius 2 is 1.62 bits per heavy atom. The lowest BCUT2D eigenvalue weighted by atomic mass is 9.92. The second kappa shape index (κ2) is 6.62. The fourth-order valence-corrected chi connectivity index (χ4v) is 1.65. The van der Waals surface area contributed by atoms with Crippen molar-refractivity contribution >= 4 is 28.8 Å². The Morgan fingerprint density at radius 3 is 1.95 bits per heavy atom. The number of benzene rings is 1. The molecule has 1 aromatic carbocycles. The van der Waals surface area contributed by atoms with Gasteiger partial charge in [-0.25, -0.2) is 0 Å². The van der Waals surface area contributed by atoms with Crippen molar-refractivity contribution in [2.45, 2.75) is 13.8 Å². The van der Waals surface area contributed by atoms with Crippen molar-refractivity contribution in [1.29, 1.82) is 0 Å². The van der Waals surface area contributed by atoms with Gasteiger partial charge in [0.05, 0.1) is 31.7 Å². The fraction of sp³-hybridized carbons (Fsp3) is 0.429. The predicted molar refractivity (Wildman–Crippen MR) is 85.3 cm³/mol. The Bertz CT molecular complexity index is 533. The summed E-state index contributed by atoms with van der Waals surface area (Å²) in [7, 11) is 4.51. The Kier molecular flexibility index (Phi) is 5.37. The number of nitrogens with one attached hydrogen (secondary N) is 1. The summed E-state index contributed by atoms with van der Waals surface area (Å²) in [6.45, 7) is 3.31. The molecule has 0 unspecified atom stereocenters. The van der Waals surface area contributed by atoms with Crippen LogP contribution in [-0.4, -0.2) is 32.2 Å². The molecular formula is C14H20N2O4S. The van der Waals surface area contributed by atoms with Gasteiger partial charge < -0.3 is 25.3 Å². The van der Waals surface area contributed by atoms with Crippen molar-refractivity contribution in [1.82, 2.24) is 0 Å². The maximum absolute atomic E-state index is 12.2. The molecule has 0 saturated carbocycles. The van der Waals surface area contributed by atoms with Gasteiger partial charge in [-0.05, 0) is 13.8 Å². The minimum Gasteiger partial charge on any atom is -0.493 e. The highest BCUT2D eigenvalue weighted by molar-refractivity contribution is 7.80. The molecule has 7 heteroatoms. The summed E-state index contributed by atoms with van der Waals surface area (Å²) < 4.78 is 15.7. The van der Waals surface area contributed by atoms with Crippen LogP contribution in [0.15, 0.2) is 12.1 Å². The van der Waals surface area contributed by atoms with Crippen molar-refractivity contribution in [3.8, 4) is 17.2 Å². The maximum Gasteiger partial charge on any atom is 0.236 e. The number of hydrogen-bond donors (Lipinski definition) is 2. The Hall–Kier alpha value is -2.02. The molecule has 0 radical (unpaired) electrons. The predicted octanol–water partition coefficient (Wildman–Crippen LogP) is 1.96. The zero-order valence-corrected chi connectivity index (χ0v) is 13.6. The molecule has 0 aliphatic heterocycles. The molecular weight excluding hydrogens is 292 g/mol. The molecule has 0 aliphatic carbocycles. The van der Waals surface area contributed by atoms with E-state index < -0.39 is 5.41 Å². The largest absolute Gasteiger partial charge is 0.493 e. The fourth-order valence-electron chi connectivity index (χ4n) is 1.55. The van der Waals surface area contributed by atoms with Gasteiger partial charge in [-0.3, -0.25) is 4.79 Å². The molecule has 1 aromatic rings. The van der Waals surface area contributed by atoms with Crippen LogP contribution in [0.4, 0.5) is 5.69 Å². The van der Waals surface area contributed by atoms with Gasteiger partial charge in [0, 0.05) is 17.8 Å². The molecule has 0 aromatic heterocycles. The number of hydrogen-bond acceptors (Lipinski definition) is 5. The lowest BCUT2D eigenvalue weighted by molar-refractivity contribution is -0.121. The number of ether oxygens (including phenoxy) is 3. The van der Waals surface area contributed by atoms with Crippen molar-refractivity contribution in [3.63, 3.8) is 0 Å². The number of carbonyl (C=O) groups is 1. The monoisotopic (exact) mass is 312 g/mol. The topological polar surface area (TPSA) is 82.8 Å². The van der Waals surface area contributed by atoms with Crippen LogP contribution in [0, 0.1) is 5.41 Å². The van der Waals surface area contributed by atoms with E-state index in [4.69, 9.17) is 32.2 Å². The van der Waals surface area contributed by atoms with E-state index in [1.54, 1.807) is 26.0 Å². The third-order valence-corrected chi connectivity index (χ3v) is 3.62. The van der Waals surface area contributed by atoms with E-state index in [1.165, 1.54) is 21.3 Å². The SMILES string of the molecule is COc1cc(NC(=O)C(C)(C)C(N)=S)cc(OC)c1OC. The standard InChI is InChI=1S/C14H20N2O4S/c1-14(2,12(15)21)13(17)16-8-6-9(18-3)11(20-5)10(7-8)19-4/h6-7H,1-5H3,(H2,15,21)(H,16,17). The molecule has 21 heavy (non-hydrogen) atoms. The van der Waals surface area contributed by atoms with E-state index in [-0.39, 0.29) is 10.9 Å². The van der Waals surface area contributed by atoms with Crippen molar-refractivity contribution < 1.29 is 19.0 Å². The quantitative estimate of drug-likeness (QED) is 0.781. The first-order valence-corrected chi connectivity index (χ1v) is 6.60. The number of nitrogens with two attached hydrogens (primary N) is 1. The third kappa shape index (κ3) is 3.55. The average Bonchev–Trinajstić information content (AvgIpc) is 2.45. The Balaban J connectivity index is 3.15. The van der Waals surface area contributed by atoms with E-state index in [9.17, 15) is 4.79 Å². The van der Waals surface area contributed by atoms with E-state index in [1.807, 2.05) is 0 Å². The van der Waals surface area contributed by atoms with Gasteiger partial charge in [-0.1, -0.05) is 12.2 Å². The normalized spacial score (nSPS) is 10.7. The first-order chi connectivity index (χ1) is 9.77. The molecule has 3 N–H and O–H groups in total. The highest BCUT2D eigenvalue weighted by Crippen LogP contribution is 2.40. The molecule has 1 rings (SSSR count). The molecule has 0 fully saturated rings. The van der Waals surface area contributed by atoms with Crippen LogP contribution >= 0.6 is 12.2 Å². The highest BCUT2D eigenvalue weighted by atomic mass is 32.1.